The van der Waals surface area contributed by atoms with E-state index >= 15 is 0 Å². The molecule has 120 valence electrons. The summed E-state index contributed by atoms with van der Waals surface area (Å²) in [5, 5.41) is 12.0. The first-order chi connectivity index (χ1) is 11.1. The van der Waals surface area contributed by atoms with E-state index in [0.29, 0.717) is 18.4 Å². The first-order valence-electron chi connectivity index (χ1n) is 7.75. The van der Waals surface area contributed by atoms with Crippen molar-refractivity contribution in [2.45, 2.75) is 31.7 Å². The largest absolute Gasteiger partial charge is 0.481 e. The molecule has 0 aliphatic heterocycles. The summed E-state index contributed by atoms with van der Waals surface area (Å²) < 4.78 is 1.87. The number of benzene rings is 1. The molecule has 2 N–H and O–H groups in total. The molecule has 1 aliphatic rings. The van der Waals surface area contributed by atoms with Crippen molar-refractivity contribution in [3.8, 4) is 5.69 Å². The van der Waals surface area contributed by atoms with Gasteiger partial charge in [-0.05, 0) is 49.9 Å². The molecule has 0 atom stereocenters. The van der Waals surface area contributed by atoms with Crippen LogP contribution in [-0.2, 0) is 4.79 Å². The number of aliphatic carboxylic acids is 1. The number of imidazole rings is 1. The number of nitrogens with zero attached hydrogens (tertiary/aromatic N) is 2. The summed E-state index contributed by atoms with van der Waals surface area (Å²) in [4.78, 5) is 27.2. The maximum absolute atomic E-state index is 12.3. The number of hydrogen-bond donors (Lipinski definition) is 2. The van der Waals surface area contributed by atoms with Gasteiger partial charge in [-0.25, -0.2) is 4.98 Å². The fourth-order valence-corrected chi connectivity index (χ4v) is 2.95. The van der Waals surface area contributed by atoms with Crippen molar-refractivity contribution < 1.29 is 14.7 Å². The summed E-state index contributed by atoms with van der Waals surface area (Å²) in [6.45, 7) is 0. The van der Waals surface area contributed by atoms with E-state index in [1.165, 1.54) is 0 Å². The molecule has 1 heterocycles. The molecule has 23 heavy (non-hydrogen) atoms. The summed E-state index contributed by atoms with van der Waals surface area (Å²) in [6.07, 6.45) is 7.94. The SMILES string of the molecule is O=C(NC1CCC(C(=O)O)CC1)c1ccc(-n2ccnc2)cc1. The number of carboxylic acid groups (broad SMARTS) is 1. The Morgan fingerprint density at radius 2 is 1.83 bits per heavy atom. The van der Waals surface area contributed by atoms with E-state index in [1.54, 1.807) is 24.7 Å². The lowest BCUT2D eigenvalue weighted by atomic mass is 9.86. The van der Waals surface area contributed by atoms with Gasteiger partial charge in [0.2, 0.25) is 0 Å². The highest BCUT2D eigenvalue weighted by Gasteiger charge is 2.26. The normalized spacial score (nSPS) is 20.9. The van der Waals surface area contributed by atoms with Crippen molar-refractivity contribution >= 4 is 11.9 Å². The van der Waals surface area contributed by atoms with Crippen molar-refractivity contribution in [3.63, 3.8) is 0 Å². The zero-order valence-corrected chi connectivity index (χ0v) is 12.7. The van der Waals surface area contributed by atoms with Crippen molar-refractivity contribution in [2.24, 2.45) is 5.92 Å². The van der Waals surface area contributed by atoms with Gasteiger partial charge in [-0.2, -0.15) is 0 Å². The Hall–Kier alpha value is -2.63. The van der Waals surface area contributed by atoms with Gasteiger partial charge in [-0.15, -0.1) is 0 Å². The second-order valence-corrected chi connectivity index (χ2v) is 5.88. The Bertz CT molecular complexity index is 672. The smallest absolute Gasteiger partial charge is 0.306 e. The Morgan fingerprint density at radius 3 is 2.39 bits per heavy atom. The van der Waals surface area contributed by atoms with E-state index < -0.39 is 5.97 Å². The molecule has 1 aromatic heterocycles. The van der Waals surface area contributed by atoms with Gasteiger partial charge in [0.25, 0.3) is 5.91 Å². The van der Waals surface area contributed by atoms with E-state index in [4.69, 9.17) is 5.11 Å². The average Bonchev–Trinajstić information content (AvgIpc) is 3.10. The number of carbonyl (C=O) groups is 2. The number of nitrogens with one attached hydrogen (secondary N) is 1. The van der Waals surface area contributed by atoms with Crippen LogP contribution in [0.3, 0.4) is 0 Å². The van der Waals surface area contributed by atoms with Crippen molar-refractivity contribution in [1.29, 1.82) is 0 Å². The highest BCUT2D eigenvalue weighted by molar-refractivity contribution is 5.94. The quantitative estimate of drug-likeness (QED) is 0.906. The first-order valence-corrected chi connectivity index (χ1v) is 7.75. The van der Waals surface area contributed by atoms with Crippen LogP contribution in [0.4, 0.5) is 0 Å². The molecule has 6 heteroatoms. The predicted octanol–water partition coefficient (Wildman–Crippen LogP) is 2.25. The molecule has 2 aromatic rings. The maximum Gasteiger partial charge on any atom is 0.306 e. The lowest BCUT2D eigenvalue weighted by molar-refractivity contribution is -0.142. The van der Waals surface area contributed by atoms with Crippen LogP contribution in [0.5, 0.6) is 0 Å². The molecule has 1 aromatic carbocycles. The molecule has 1 saturated carbocycles. The summed E-state index contributed by atoms with van der Waals surface area (Å²) in [7, 11) is 0. The van der Waals surface area contributed by atoms with E-state index in [0.717, 1.165) is 18.5 Å². The van der Waals surface area contributed by atoms with Gasteiger partial charge in [0.15, 0.2) is 0 Å². The Labute approximate surface area is 134 Å². The van der Waals surface area contributed by atoms with Crippen molar-refractivity contribution in [3.05, 3.63) is 48.5 Å². The molecular formula is C17H19N3O3. The second-order valence-electron chi connectivity index (χ2n) is 5.88. The molecule has 0 bridgehead atoms. The zero-order valence-electron chi connectivity index (χ0n) is 12.7. The zero-order chi connectivity index (χ0) is 16.2. The van der Waals surface area contributed by atoms with Crippen LogP contribution < -0.4 is 5.32 Å². The number of carboxylic acids is 1. The third kappa shape index (κ3) is 3.59. The molecule has 0 spiro atoms. The third-order valence-electron chi connectivity index (χ3n) is 4.34. The van der Waals surface area contributed by atoms with Gasteiger partial charge in [0, 0.05) is 29.7 Å². The van der Waals surface area contributed by atoms with E-state index in [2.05, 4.69) is 10.3 Å². The molecule has 1 aliphatic carbocycles. The van der Waals surface area contributed by atoms with Gasteiger partial charge >= 0.3 is 5.97 Å². The Balaban J connectivity index is 1.57. The third-order valence-corrected chi connectivity index (χ3v) is 4.34. The number of rotatable bonds is 4. The van der Waals surface area contributed by atoms with E-state index in [9.17, 15) is 9.59 Å². The summed E-state index contributed by atoms with van der Waals surface area (Å²) in [5.41, 5.74) is 1.55. The standard InChI is InChI=1S/C17H19N3O3/c21-16(19-14-5-1-13(2-6-14)17(22)23)12-3-7-15(8-4-12)20-10-9-18-11-20/h3-4,7-11,13-14H,1-2,5-6H2,(H,19,21)(H,22,23). The lowest BCUT2D eigenvalue weighted by Crippen LogP contribution is -2.38. The number of carbonyl (C=O) groups excluding carboxylic acids is 1. The summed E-state index contributed by atoms with van der Waals surface area (Å²) >= 11 is 0. The topological polar surface area (TPSA) is 84.2 Å². The van der Waals surface area contributed by atoms with Crippen LogP contribution in [-0.4, -0.2) is 32.6 Å². The average molecular weight is 313 g/mol. The van der Waals surface area contributed by atoms with Crippen molar-refractivity contribution in [1.82, 2.24) is 14.9 Å². The van der Waals surface area contributed by atoms with Crippen LogP contribution in [0.15, 0.2) is 43.0 Å². The van der Waals surface area contributed by atoms with Crippen LogP contribution >= 0.6 is 0 Å². The molecule has 1 amide bonds. The molecule has 6 nitrogen and oxygen atoms in total. The molecule has 3 rings (SSSR count). The highest BCUT2D eigenvalue weighted by atomic mass is 16.4. The molecular weight excluding hydrogens is 294 g/mol. The van der Waals surface area contributed by atoms with Crippen molar-refractivity contribution in [2.75, 3.05) is 0 Å². The highest BCUT2D eigenvalue weighted by Crippen LogP contribution is 2.24. The minimum atomic E-state index is -0.732. The molecule has 0 saturated heterocycles. The van der Waals surface area contributed by atoms with Gasteiger partial charge in [0.1, 0.15) is 0 Å². The number of amides is 1. The van der Waals surface area contributed by atoms with Crippen LogP contribution in [0.2, 0.25) is 0 Å². The lowest BCUT2D eigenvalue weighted by Gasteiger charge is -2.26. The Kier molecular flexibility index (Phi) is 4.41. The summed E-state index contributed by atoms with van der Waals surface area (Å²) in [6, 6.07) is 7.38. The van der Waals surface area contributed by atoms with E-state index in [-0.39, 0.29) is 17.9 Å². The van der Waals surface area contributed by atoms with Crippen LogP contribution in [0.25, 0.3) is 5.69 Å². The maximum atomic E-state index is 12.3. The number of hydrogen-bond acceptors (Lipinski definition) is 3. The molecule has 0 unspecified atom stereocenters. The van der Waals surface area contributed by atoms with Gasteiger partial charge in [-0.1, -0.05) is 0 Å². The first kappa shape index (κ1) is 15.3. The van der Waals surface area contributed by atoms with Gasteiger partial charge in [0.05, 0.1) is 12.2 Å². The van der Waals surface area contributed by atoms with E-state index in [1.807, 2.05) is 22.9 Å². The molecule has 1 fully saturated rings. The number of aromatic nitrogens is 2. The summed E-state index contributed by atoms with van der Waals surface area (Å²) in [5.74, 6) is -1.11. The molecule has 0 radical (unpaired) electrons. The Morgan fingerprint density at radius 1 is 1.13 bits per heavy atom. The fourth-order valence-electron chi connectivity index (χ4n) is 2.95. The van der Waals surface area contributed by atoms with Crippen LogP contribution in [0, 0.1) is 5.92 Å². The fraction of sp³-hybridized carbons (Fsp3) is 0.353. The second kappa shape index (κ2) is 6.64. The van der Waals surface area contributed by atoms with Gasteiger partial charge < -0.3 is 15.0 Å². The van der Waals surface area contributed by atoms with Gasteiger partial charge in [-0.3, -0.25) is 9.59 Å². The predicted molar refractivity (Wildman–Crippen MR) is 84.4 cm³/mol. The monoisotopic (exact) mass is 313 g/mol. The van der Waals surface area contributed by atoms with Crippen LogP contribution in [0.1, 0.15) is 36.0 Å². The minimum Gasteiger partial charge on any atom is -0.481 e. The minimum absolute atomic E-state index is 0.0615.